The van der Waals surface area contributed by atoms with Gasteiger partial charge >= 0.3 is 0 Å². The molecule has 0 aliphatic carbocycles. The Morgan fingerprint density at radius 3 is 2.23 bits per heavy atom. The maximum Gasteiger partial charge on any atom is 0.264 e. The summed E-state index contributed by atoms with van der Waals surface area (Å²) in [6.45, 7) is 6.90. The molecule has 3 aromatic rings. The first kappa shape index (κ1) is 31.0. The Balaban J connectivity index is 2.12. The van der Waals surface area contributed by atoms with Crippen molar-refractivity contribution in [3.8, 4) is 5.75 Å². The average Bonchev–Trinajstić information content (AvgIpc) is 2.91. The fourth-order valence-electron chi connectivity index (χ4n) is 4.29. The minimum absolute atomic E-state index is 0.00660. The molecule has 0 saturated heterocycles. The molecule has 2 amide bonds. The number of carbonyl (C=O) groups excluding carboxylic acids is 2. The molecule has 10 heteroatoms. The summed E-state index contributed by atoms with van der Waals surface area (Å²) in [5, 5.41) is 3.16. The van der Waals surface area contributed by atoms with Gasteiger partial charge in [0.2, 0.25) is 11.8 Å². The number of nitrogens with zero attached hydrogens (tertiary/aromatic N) is 2. The number of hydrogen-bond acceptors (Lipinski definition) is 5. The van der Waals surface area contributed by atoms with Crippen LogP contribution in [0.5, 0.6) is 5.75 Å². The monoisotopic (exact) mass is 585 g/mol. The number of sulfonamides is 1. The van der Waals surface area contributed by atoms with Crippen LogP contribution in [-0.4, -0.2) is 50.9 Å². The van der Waals surface area contributed by atoms with E-state index in [1.807, 2.05) is 58.0 Å². The molecule has 3 aromatic carbocycles. The number of anilines is 1. The molecular formula is C30H36ClN3O5S. The third-order valence-corrected chi connectivity index (χ3v) is 8.32. The maximum absolute atomic E-state index is 14.1. The number of carbonyl (C=O) groups is 2. The van der Waals surface area contributed by atoms with Gasteiger partial charge in [-0.2, -0.15) is 0 Å². The van der Waals surface area contributed by atoms with Crippen LogP contribution in [0.1, 0.15) is 38.3 Å². The van der Waals surface area contributed by atoms with Crippen molar-refractivity contribution < 1.29 is 22.7 Å². The zero-order valence-corrected chi connectivity index (χ0v) is 25.0. The summed E-state index contributed by atoms with van der Waals surface area (Å²) in [4.78, 5) is 28.7. The zero-order valence-electron chi connectivity index (χ0n) is 23.4. The molecule has 0 radical (unpaired) electrons. The van der Waals surface area contributed by atoms with E-state index in [9.17, 15) is 18.0 Å². The summed E-state index contributed by atoms with van der Waals surface area (Å²) in [5.41, 5.74) is 1.81. The van der Waals surface area contributed by atoms with Crippen molar-refractivity contribution in [3.63, 3.8) is 0 Å². The lowest BCUT2D eigenvalue weighted by Crippen LogP contribution is -2.53. The van der Waals surface area contributed by atoms with Crippen LogP contribution in [0.15, 0.2) is 77.7 Å². The highest BCUT2D eigenvalue weighted by atomic mass is 35.5. The molecule has 214 valence electrons. The van der Waals surface area contributed by atoms with Gasteiger partial charge in [-0.25, -0.2) is 8.42 Å². The quantitative estimate of drug-likeness (QED) is 0.316. The molecule has 3 rings (SSSR count). The van der Waals surface area contributed by atoms with E-state index in [-0.39, 0.29) is 39.8 Å². The predicted molar refractivity (Wildman–Crippen MR) is 158 cm³/mol. The molecule has 0 saturated carbocycles. The minimum Gasteiger partial charge on any atom is -0.495 e. The van der Waals surface area contributed by atoms with E-state index in [4.69, 9.17) is 16.3 Å². The van der Waals surface area contributed by atoms with Gasteiger partial charge in [-0.1, -0.05) is 66.6 Å². The van der Waals surface area contributed by atoms with Gasteiger partial charge in [0.05, 0.1) is 17.7 Å². The summed E-state index contributed by atoms with van der Waals surface area (Å²) in [6, 6.07) is 19.2. The van der Waals surface area contributed by atoms with Crippen LogP contribution in [0.2, 0.25) is 5.02 Å². The summed E-state index contributed by atoms with van der Waals surface area (Å²) in [6.07, 6.45) is 0.336. The van der Waals surface area contributed by atoms with Crippen LogP contribution in [0, 0.1) is 6.92 Å². The Hall–Kier alpha value is -3.56. The topological polar surface area (TPSA) is 96.0 Å². The second-order valence-corrected chi connectivity index (χ2v) is 12.0. The van der Waals surface area contributed by atoms with Crippen LogP contribution < -0.4 is 14.4 Å². The normalized spacial score (nSPS) is 12.1. The SMILES string of the molecule is CC[C@@H](C(=O)NC(C)C)N(Cc1ccccc1)C(=O)CN(c1cc(Cl)ccc1OC)S(=O)(=O)c1ccc(C)cc1. The van der Waals surface area contributed by atoms with Gasteiger partial charge in [0.1, 0.15) is 18.3 Å². The molecule has 0 aromatic heterocycles. The third kappa shape index (κ3) is 7.55. The second kappa shape index (κ2) is 13.7. The molecule has 0 aliphatic heterocycles. The van der Waals surface area contributed by atoms with Crippen molar-refractivity contribution in [2.24, 2.45) is 0 Å². The molecule has 0 heterocycles. The number of halogens is 1. The van der Waals surface area contributed by atoms with Gasteiger partial charge in [-0.3, -0.25) is 13.9 Å². The molecule has 0 spiro atoms. The Labute approximate surface area is 241 Å². The molecule has 1 N–H and O–H groups in total. The van der Waals surface area contributed by atoms with E-state index >= 15 is 0 Å². The molecule has 0 fully saturated rings. The smallest absolute Gasteiger partial charge is 0.264 e. The van der Waals surface area contributed by atoms with E-state index in [0.29, 0.717) is 6.42 Å². The number of hydrogen-bond donors (Lipinski definition) is 1. The average molecular weight is 586 g/mol. The minimum atomic E-state index is -4.25. The van der Waals surface area contributed by atoms with Crippen LogP contribution >= 0.6 is 11.6 Å². The zero-order chi connectivity index (χ0) is 29.4. The van der Waals surface area contributed by atoms with E-state index in [0.717, 1.165) is 15.4 Å². The third-order valence-electron chi connectivity index (χ3n) is 6.31. The molecule has 40 heavy (non-hydrogen) atoms. The van der Waals surface area contributed by atoms with Gasteiger partial charge in [0, 0.05) is 17.6 Å². The fraction of sp³-hybridized carbons (Fsp3) is 0.333. The van der Waals surface area contributed by atoms with E-state index in [1.54, 1.807) is 24.3 Å². The Bertz CT molecular complexity index is 1410. The molecule has 0 aliphatic rings. The number of amides is 2. The van der Waals surface area contributed by atoms with Crippen LogP contribution in [0.3, 0.4) is 0 Å². The number of aryl methyl sites for hydroxylation is 1. The first-order valence-electron chi connectivity index (χ1n) is 13.0. The van der Waals surface area contributed by atoms with Crippen molar-refractivity contribution >= 4 is 39.1 Å². The Kier molecular flexibility index (Phi) is 10.6. The fourth-order valence-corrected chi connectivity index (χ4v) is 5.87. The standard InChI is InChI=1S/C30H36ClN3O5S/c1-6-26(30(36)32-21(2)3)33(19-23-10-8-7-9-11-23)29(35)20-34(27-18-24(31)14-17-28(27)39-5)40(37,38)25-15-12-22(4)13-16-25/h7-18,21,26H,6,19-20H2,1-5H3,(H,32,36)/t26-/m0/s1. The summed E-state index contributed by atoms with van der Waals surface area (Å²) >= 11 is 6.28. The molecule has 8 nitrogen and oxygen atoms in total. The number of nitrogens with one attached hydrogen (secondary N) is 1. The number of methoxy groups -OCH3 is 1. The van der Waals surface area contributed by atoms with Gasteiger partial charge in [0.25, 0.3) is 10.0 Å². The van der Waals surface area contributed by atoms with Crippen LogP contribution in [0.4, 0.5) is 5.69 Å². The van der Waals surface area contributed by atoms with E-state index < -0.39 is 28.5 Å². The molecule has 1 atom stereocenters. The van der Waals surface area contributed by atoms with Crippen molar-refractivity contribution in [2.45, 2.75) is 57.6 Å². The lowest BCUT2D eigenvalue weighted by molar-refractivity contribution is -0.140. The number of rotatable bonds is 12. The first-order valence-corrected chi connectivity index (χ1v) is 14.9. The lowest BCUT2D eigenvalue weighted by atomic mass is 10.1. The Morgan fingerprint density at radius 1 is 1.00 bits per heavy atom. The highest BCUT2D eigenvalue weighted by molar-refractivity contribution is 7.92. The number of benzene rings is 3. The summed E-state index contributed by atoms with van der Waals surface area (Å²) in [5.74, 6) is -0.630. The highest BCUT2D eigenvalue weighted by Gasteiger charge is 2.35. The van der Waals surface area contributed by atoms with Gasteiger partial charge < -0.3 is 15.0 Å². The largest absolute Gasteiger partial charge is 0.495 e. The van der Waals surface area contributed by atoms with Crippen molar-refractivity contribution in [1.82, 2.24) is 10.2 Å². The predicted octanol–water partition coefficient (Wildman–Crippen LogP) is 5.18. The molecule has 0 unspecified atom stereocenters. The van der Waals surface area contributed by atoms with Crippen molar-refractivity contribution in [1.29, 1.82) is 0 Å². The summed E-state index contributed by atoms with van der Waals surface area (Å²) in [7, 11) is -2.83. The first-order chi connectivity index (χ1) is 19.0. The Morgan fingerprint density at radius 2 is 1.65 bits per heavy atom. The van der Waals surface area contributed by atoms with Gasteiger partial charge in [0.15, 0.2) is 0 Å². The van der Waals surface area contributed by atoms with Crippen LogP contribution in [0.25, 0.3) is 0 Å². The molecular weight excluding hydrogens is 550 g/mol. The number of ether oxygens (including phenoxy) is 1. The lowest BCUT2D eigenvalue weighted by Gasteiger charge is -2.34. The van der Waals surface area contributed by atoms with Crippen molar-refractivity contribution in [3.05, 3.63) is 88.9 Å². The van der Waals surface area contributed by atoms with Gasteiger partial charge in [-0.05, 0) is 63.1 Å². The molecule has 0 bridgehead atoms. The van der Waals surface area contributed by atoms with E-state index in [2.05, 4.69) is 5.32 Å². The van der Waals surface area contributed by atoms with Gasteiger partial charge in [-0.15, -0.1) is 0 Å². The highest BCUT2D eigenvalue weighted by Crippen LogP contribution is 2.35. The van der Waals surface area contributed by atoms with Crippen molar-refractivity contribution in [2.75, 3.05) is 18.0 Å². The second-order valence-electron chi connectivity index (χ2n) is 9.74. The van der Waals surface area contributed by atoms with Crippen LogP contribution in [-0.2, 0) is 26.2 Å². The van der Waals surface area contributed by atoms with E-state index in [1.165, 1.54) is 30.2 Å². The summed E-state index contributed by atoms with van der Waals surface area (Å²) < 4.78 is 34.5. The maximum atomic E-state index is 14.1.